The molecule has 1 heterocycles. The minimum atomic E-state index is -5.41. The van der Waals surface area contributed by atoms with Crippen molar-refractivity contribution in [1.29, 1.82) is 0 Å². The number of carbonyl (C=O) groups is 3. The number of hydrogen-bond donors (Lipinski definition) is 3. The minimum Gasteiger partial charge on any atom is -0.480 e. The molecule has 39 heavy (non-hydrogen) atoms. The molecule has 0 spiro atoms. The number of alkyl halides is 6. The van der Waals surface area contributed by atoms with Gasteiger partial charge in [0.15, 0.2) is 0 Å². The summed E-state index contributed by atoms with van der Waals surface area (Å²) in [6.45, 7) is 0.193. The summed E-state index contributed by atoms with van der Waals surface area (Å²) < 4.78 is 89.4. The number of nitrogens with zero attached hydrogens (tertiary/aromatic N) is 1. The number of carbonyl (C=O) groups excluding carboxylic acids is 2. The predicted octanol–water partition coefficient (Wildman–Crippen LogP) is 4.95. The van der Waals surface area contributed by atoms with E-state index in [2.05, 4.69) is 5.32 Å². The Morgan fingerprint density at radius 2 is 1.67 bits per heavy atom. The Kier molecular flexibility index (Phi) is 9.50. The van der Waals surface area contributed by atoms with Crippen LogP contribution >= 0.6 is 11.8 Å². The summed E-state index contributed by atoms with van der Waals surface area (Å²) >= 11 is 0.388. The van der Waals surface area contributed by atoms with Crippen molar-refractivity contribution >= 4 is 41.4 Å². The molecular formula is C24H21F6N3O5S. The van der Waals surface area contributed by atoms with Gasteiger partial charge in [0.25, 0.3) is 0 Å². The van der Waals surface area contributed by atoms with Gasteiger partial charge in [-0.1, -0.05) is 23.9 Å². The molecule has 0 aliphatic carbocycles. The third-order valence-electron chi connectivity index (χ3n) is 5.21. The van der Waals surface area contributed by atoms with Gasteiger partial charge in [-0.3, -0.25) is 9.59 Å². The number of morpholine rings is 1. The first-order valence-electron chi connectivity index (χ1n) is 11.2. The molecule has 1 aliphatic rings. The summed E-state index contributed by atoms with van der Waals surface area (Å²) in [6.07, 6.45) is -9.30. The van der Waals surface area contributed by atoms with Gasteiger partial charge in [0.2, 0.25) is 5.91 Å². The van der Waals surface area contributed by atoms with Crippen LogP contribution in [-0.2, 0) is 26.7 Å². The lowest BCUT2D eigenvalue weighted by Gasteiger charge is -2.25. The standard InChI is InChI=1S/C24H21F6N3O5S/c25-23(26,27)20-14(5-7-18(34)33-8-10-38-11-9-33)4-6-17(21(20)24(28,29)30)39-16-3-1-2-15(12-16)32-22(37)31-13-19(35)36/h1-7,12H,8-11,13H2,(H,35,36)(H2,31,32,37)/b7-5+. The maximum atomic E-state index is 14.1. The van der Waals surface area contributed by atoms with Gasteiger partial charge in [0.1, 0.15) is 6.54 Å². The van der Waals surface area contributed by atoms with E-state index < -0.39 is 58.4 Å². The van der Waals surface area contributed by atoms with E-state index >= 15 is 0 Å². The van der Waals surface area contributed by atoms with Gasteiger partial charge in [-0.2, -0.15) is 26.3 Å². The zero-order valence-corrected chi connectivity index (χ0v) is 20.7. The lowest BCUT2D eigenvalue weighted by atomic mass is 9.99. The number of ether oxygens (including phenoxy) is 1. The fraction of sp³-hybridized carbons (Fsp3) is 0.292. The highest BCUT2D eigenvalue weighted by molar-refractivity contribution is 7.99. The fourth-order valence-electron chi connectivity index (χ4n) is 3.56. The first-order valence-corrected chi connectivity index (χ1v) is 12.0. The summed E-state index contributed by atoms with van der Waals surface area (Å²) in [5, 5.41) is 12.9. The molecule has 1 saturated heterocycles. The minimum absolute atomic E-state index is 0.0636. The molecule has 1 aliphatic heterocycles. The van der Waals surface area contributed by atoms with E-state index in [0.717, 1.165) is 18.2 Å². The number of aliphatic carboxylic acids is 1. The molecule has 0 bridgehead atoms. The van der Waals surface area contributed by atoms with Gasteiger partial charge in [0.05, 0.1) is 24.3 Å². The van der Waals surface area contributed by atoms with Crippen LogP contribution < -0.4 is 10.6 Å². The van der Waals surface area contributed by atoms with Crippen molar-refractivity contribution in [3.8, 4) is 0 Å². The zero-order chi connectivity index (χ0) is 28.8. The lowest BCUT2D eigenvalue weighted by Crippen LogP contribution is -2.39. The number of amides is 3. The Hall–Kier alpha value is -3.72. The van der Waals surface area contributed by atoms with Crippen LogP contribution in [0.3, 0.4) is 0 Å². The van der Waals surface area contributed by atoms with Crippen LogP contribution in [0.5, 0.6) is 0 Å². The van der Waals surface area contributed by atoms with Gasteiger partial charge in [0, 0.05) is 34.6 Å². The molecule has 0 radical (unpaired) electrons. The summed E-state index contributed by atoms with van der Waals surface area (Å²) in [7, 11) is 0. The van der Waals surface area contributed by atoms with E-state index in [1.807, 2.05) is 5.32 Å². The molecular weight excluding hydrogens is 556 g/mol. The van der Waals surface area contributed by atoms with E-state index in [9.17, 15) is 40.7 Å². The highest BCUT2D eigenvalue weighted by atomic mass is 32.2. The molecule has 1 fully saturated rings. The maximum Gasteiger partial charge on any atom is 0.418 e. The first-order chi connectivity index (χ1) is 18.3. The van der Waals surface area contributed by atoms with Crippen LogP contribution in [0.25, 0.3) is 6.08 Å². The Bertz CT molecular complexity index is 1260. The fourth-order valence-corrected chi connectivity index (χ4v) is 4.60. The largest absolute Gasteiger partial charge is 0.480 e. The van der Waals surface area contributed by atoms with Gasteiger partial charge in [-0.25, -0.2) is 4.79 Å². The van der Waals surface area contributed by atoms with Crippen LogP contribution in [0.15, 0.2) is 52.3 Å². The second-order valence-corrected chi connectivity index (χ2v) is 9.12. The van der Waals surface area contributed by atoms with Crippen molar-refractivity contribution < 1.29 is 50.6 Å². The molecule has 0 aromatic heterocycles. The van der Waals surface area contributed by atoms with Crippen molar-refractivity contribution in [3.63, 3.8) is 0 Å². The lowest BCUT2D eigenvalue weighted by molar-refractivity contribution is -0.163. The number of carboxylic acids is 1. The number of anilines is 1. The smallest absolute Gasteiger partial charge is 0.418 e. The van der Waals surface area contributed by atoms with Gasteiger partial charge >= 0.3 is 24.4 Å². The van der Waals surface area contributed by atoms with E-state index in [4.69, 9.17) is 9.84 Å². The molecule has 15 heteroatoms. The molecule has 3 N–H and O–H groups in total. The number of benzene rings is 2. The van der Waals surface area contributed by atoms with Gasteiger partial charge < -0.3 is 25.4 Å². The first kappa shape index (κ1) is 29.8. The van der Waals surface area contributed by atoms with Crippen molar-refractivity contribution in [2.45, 2.75) is 22.1 Å². The normalized spacial score (nSPS) is 14.4. The Labute approximate surface area is 222 Å². The molecule has 3 rings (SSSR count). The zero-order valence-electron chi connectivity index (χ0n) is 19.9. The van der Waals surface area contributed by atoms with Crippen molar-refractivity contribution in [3.05, 3.63) is 59.2 Å². The third-order valence-corrected chi connectivity index (χ3v) is 6.26. The molecule has 210 valence electrons. The Balaban J connectivity index is 1.95. The average Bonchev–Trinajstić information content (AvgIpc) is 2.85. The predicted molar refractivity (Wildman–Crippen MR) is 128 cm³/mol. The number of rotatable bonds is 7. The SMILES string of the molecule is O=C(O)CNC(=O)Nc1cccc(Sc2ccc(/C=C/C(=O)N3CCOCC3)c(C(F)(F)F)c2C(F)(F)F)c1. The molecule has 0 atom stereocenters. The second kappa shape index (κ2) is 12.4. The maximum absolute atomic E-state index is 14.1. The molecule has 2 aromatic carbocycles. The molecule has 8 nitrogen and oxygen atoms in total. The average molecular weight is 578 g/mol. The Morgan fingerprint density at radius 3 is 2.28 bits per heavy atom. The summed E-state index contributed by atoms with van der Waals surface area (Å²) in [6, 6.07) is 6.07. The van der Waals surface area contributed by atoms with E-state index in [-0.39, 0.29) is 36.9 Å². The van der Waals surface area contributed by atoms with E-state index in [0.29, 0.717) is 17.8 Å². The highest BCUT2D eigenvalue weighted by Crippen LogP contribution is 2.48. The summed E-state index contributed by atoms with van der Waals surface area (Å²) in [4.78, 5) is 35.3. The summed E-state index contributed by atoms with van der Waals surface area (Å²) in [5.41, 5.74) is -4.62. The van der Waals surface area contributed by atoms with Crippen molar-refractivity contribution in [1.82, 2.24) is 10.2 Å². The summed E-state index contributed by atoms with van der Waals surface area (Å²) in [5.74, 6) is -1.96. The highest BCUT2D eigenvalue weighted by Gasteiger charge is 2.46. The Morgan fingerprint density at radius 1 is 1.00 bits per heavy atom. The van der Waals surface area contributed by atoms with Crippen LogP contribution in [0.4, 0.5) is 36.8 Å². The number of urea groups is 1. The van der Waals surface area contributed by atoms with Crippen LogP contribution in [-0.4, -0.2) is 60.8 Å². The van der Waals surface area contributed by atoms with Crippen molar-refractivity contribution in [2.24, 2.45) is 0 Å². The number of halogens is 6. The quantitative estimate of drug-likeness (QED) is 0.318. The van der Waals surface area contributed by atoms with Crippen LogP contribution in [0.1, 0.15) is 16.7 Å². The van der Waals surface area contributed by atoms with Crippen LogP contribution in [0.2, 0.25) is 0 Å². The molecule has 2 aromatic rings. The van der Waals surface area contributed by atoms with Crippen molar-refractivity contribution in [2.75, 3.05) is 38.2 Å². The van der Waals surface area contributed by atoms with E-state index in [1.54, 1.807) is 0 Å². The topological polar surface area (TPSA) is 108 Å². The number of hydrogen-bond acceptors (Lipinski definition) is 5. The number of nitrogens with one attached hydrogen (secondary N) is 2. The van der Waals surface area contributed by atoms with Gasteiger partial charge in [-0.15, -0.1) is 0 Å². The molecule has 3 amide bonds. The van der Waals surface area contributed by atoms with E-state index in [1.165, 1.54) is 29.2 Å². The monoisotopic (exact) mass is 577 g/mol. The number of carboxylic acid groups (broad SMARTS) is 1. The second-order valence-electron chi connectivity index (χ2n) is 8.00. The third kappa shape index (κ3) is 8.38. The van der Waals surface area contributed by atoms with Crippen LogP contribution in [0, 0.1) is 0 Å². The molecule has 0 unspecified atom stereocenters. The van der Waals surface area contributed by atoms with Gasteiger partial charge in [-0.05, 0) is 35.9 Å². The molecule has 0 saturated carbocycles.